The van der Waals surface area contributed by atoms with Crippen molar-refractivity contribution in [2.75, 3.05) is 37.7 Å². The third-order valence-corrected chi connectivity index (χ3v) is 6.24. The predicted molar refractivity (Wildman–Crippen MR) is 99.7 cm³/mol. The highest BCUT2D eigenvalue weighted by Gasteiger charge is 2.29. The minimum atomic E-state index is -3.60. The number of ether oxygens (including phenoxy) is 1. The number of hydrogen-bond donors (Lipinski definition) is 0. The average molecular weight is 371 g/mol. The quantitative estimate of drug-likeness (QED) is 0.807. The fourth-order valence-electron chi connectivity index (χ4n) is 3.04. The van der Waals surface area contributed by atoms with Crippen molar-refractivity contribution >= 4 is 15.7 Å². The van der Waals surface area contributed by atoms with Gasteiger partial charge in [-0.1, -0.05) is 18.2 Å². The lowest BCUT2D eigenvalue weighted by molar-refractivity contribution is 0.337. The number of hydrogen-bond acceptors (Lipinski definition) is 5. The van der Waals surface area contributed by atoms with Gasteiger partial charge in [0, 0.05) is 26.2 Å². The first kappa shape index (κ1) is 18.2. The van der Waals surface area contributed by atoms with Crippen LogP contribution in [-0.2, 0) is 10.0 Å². The van der Waals surface area contributed by atoms with Crippen LogP contribution in [0.3, 0.4) is 0 Å². The molecule has 0 saturated carbocycles. The highest BCUT2D eigenvalue weighted by atomic mass is 32.2. The van der Waals surface area contributed by atoms with E-state index >= 15 is 0 Å². The Morgan fingerprint density at radius 2 is 1.81 bits per heavy atom. The second-order valence-corrected chi connectivity index (χ2v) is 7.87. The van der Waals surface area contributed by atoms with Crippen LogP contribution >= 0.6 is 0 Å². The van der Waals surface area contributed by atoms with Crippen molar-refractivity contribution in [2.24, 2.45) is 0 Å². The van der Waals surface area contributed by atoms with Crippen molar-refractivity contribution in [3.05, 3.63) is 54.1 Å². The van der Waals surface area contributed by atoms with Crippen LogP contribution in [0.4, 0.5) is 5.69 Å². The van der Waals surface area contributed by atoms with Gasteiger partial charge >= 0.3 is 0 Å². The fraction of sp³-hybridized carbons (Fsp3) is 0.316. The van der Waals surface area contributed by atoms with E-state index in [2.05, 4.69) is 4.90 Å². The van der Waals surface area contributed by atoms with Crippen molar-refractivity contribution in [1.29, 1.82) is 5.26 Å². The number of anilines is 1. The molecule has 0 aromatic heterocycles. The van der Waals surface area contributed by atoms with Gasteiger partial charge in [-0.2, -0.15) is 9.57 Å². The zero-order valence-electron chi connectivity index (χ0n) is 14.6. The number of piperazine rings is 1. The number of benzene rings is 2. The van der Waals surface area contributed by atoms with E-state index in [4.69, 9.17) is 10.00 Å². The zero-order valence-corrected chi connectivity index (χ0v) is 15.4. The Morgan fingerprint density at radius 1 is 1.08 bits per heavy atom. The fourth-order valence-corrected chi connectivity index (χ4v) is 4.51. The van der Waals surface area contributed by atoms with E-state index < -0.39 is 10.0 Å². The third-order valence-electron chi connectivity index (χ3n) is 4.35. The maximum absolute atomic E-state index is 12.8. The van der Waals surface area contributed by atoms with Crippen LogP contribution in [0.2, 0.25) is 0 Å². The van der Waals surface area contributed by atoms with Gasteiger partial charge in [-0.05, 0) is 37.3 Å². The normalized spacial score (nSPS) is 15.5. The molecular formula is C19H21N3O3S. The van der Waals surface area contributed by atoms with Crippen LogP contribution in [-0.4, -0.2) is 45.5 Å². The molecule has 0 amide bonds. The first-order valence-corrected chi connectivity index (χ1v) is 9.97. The average Bonchev–Trinajstić information content (AvgIpc) is 2.69. The maximum Gasteiger partial charge on any atom is 0.243 e. The molecule has 3 rings (SSSR count). The molecule has 0 bridgehead atoms. The second kappa shape index (κ2) is 7.77. The summed E-state index contributed by atoms with van der Waals surface area (Å²) in [6.07, 6.45) is 0. The van der Waals surface area contributed by atoms with Crippen LogP contribution in [0.25, 0.3) is 0 Å². The van der Waals surface area contributed by atoms with E-state index in [1.807, 2.05) is 37.3 Å². The Hall–Kier alpha value is -2.56. The molecule has 1 saturated heterocycles. The first-order chi connectivity index (χ1) is 12.6. The molecule has 0 spiro atoms. The monoisotopic (exact) mass is 371 g/mol. The molecule has 2 aromatic rings. The Morgan fingerprint density at radius 3 is 2.50 bits per heavy atom. The van der Waals surface area contributed by atoms with Gasteiger partial charge in [0.1, 0.15) is 5.75 Å². The van der Waals surface area contributed by atoms with E-state index in [0.717, 1.165) is 11.4 Å². The summed E-state index contributed by atoms with van der Waals surface area (Å²) < 4.78 is 32.8. The molecule has 136 valence electrons. The highest BCUT2D eigenvalue weighted by Crippen LogP contribution is 2.29. The number of nitriles is 1. The largest absolute Gasteiger partial charge is 0.492 e. The molecule has 2 aromatic carbocycles. The Balaban J connectivity index is 1.75. The molecule has 0 aliphatic carbocycles. The summed E-state index contributed by atoms with van der Waals surface area (Å²) in [6.45, 7) is 4.47. The molecule has 0 radical (unpaired) electrons. The summed E-state index contributed by atoms with van der Waals surface area (Å²) >= 11 is 0. The summed E-state index contributed by atoms with van der Waals surface area (Å²) in [5.74, 6) is 0.813. The molecule has 26 heavy (non-hydrogen) atoms. The molecule has 0 N–H and O–H groups in total. The molecule has 0 unspecified atom stereocenters. The van der Waals surface area contributed by atoms with Crippen molar-refractivity contribution in [2.45, 2.75) is 11.8 Å². The standard InChI is InChI=1S/C19H21N3O3S/c1-2-25-19-9-4-3-8-18(19)21-10-12-22(13-11-21)26(23,24)17-7-5-6-16(14-17)15-20/h3-9,14H,2,10-13H2,1H3. The number of para-hydroxylation sites is 2. The summed E-state index contributed by atoms with van der Waals surface area (Å²) in [4.78, 5) is 2.31. The van der Waals surface area contributed by atoms with E-state index in [1.165, 1.54) is 16.4 Å². The minimum Gasteiger partial charge on any atom is -0.492 e. The smallest absolute Gasteiger partial charge is 0.243 e. The van der Waals surface area contributed by atoms with Gasteiger partial charge in [0.15, 0.2) is 0 Å². The van der Waals surface area contributed by atoms with Crippen molar-refractivity contribution in [3.8, 4) is 11.8 Å². The molecule has 0 atom stereocenters. The SMILES string of the molecule is CCOc1ccccc1N1CCN(S(=O)(=O)c2cccc(C#N)c2)CC1. The molecule has 6 nitrogen and oxygen atoms in total. The van der Waals surface area contributed by atoms with Crippen LogP contribution in [0.1, 0.15) is 12.5 Å². The van der Waals surface area contributed by atoms with E-state index in [0.29, 0.717) is 38.3 Å². The van der Waals surface area contributed by atoms with E-state index in [1.54, 1.807) is 12.1 Å². The van der Waals surface area contributed by atoms with Crippen LogP contribution in [0.15, 0.2) is 53.4 Å². The Kier molecular flexibility index (Phi) is 5.45. The summed E-state index contributed by atoms with van der Waals surface area (Å²) in [5.41, 5.74) is 1.33. The lowest BCUT2D eigenvalue weighted by Crippen LogP contribution is -2.48. The molecule has 1 heterocycles. The lowest BCUT2D eigenvalue weighted by Gasteiger charge is -2.36. The van der Waals surface area contributed by atoms with Gasteiger partial charge in [-0.15, -0.1) is 0 Å². The molecule has 1 aliphatic heterocycles. The maximum atomic E-state index is 12.8. The van der Waals surface area contributed by atoms with Gasteiger partial charge in [0.25, 0.3) is 0 Å². The highest BCUT2D eigenvalue weighted by molar-refractivity contribution is 7.89. The summed E-state index contributed by atoms with van der Waals surface area (Å²) in [6, 6.07) is 15.9. The Labute approximate surface area is 154 Å². The minimum absolute atomic E-state index is 0.166. The van der Waals surface area contributed by atoms with Gasteiger partial charge < -0.3 is 9.64 Å². The molecular weight excluding hydrogens is 350 g/mol. The van der Waals surface area contributed by atoms with Crippen LogP contribution in [0.5, 0.6) is 5.75 Å². The van der Waals surface area contributed by atoms with Crippen molar-refractivity contribution < 1.29 is 13.2 Å². The van der Waals surface area contributed by atoms with E-state index in [-0.39, 0.29) is 4.90 Å². The lowest BCUT2D eigenvalue weighted by atomic mass is 10.2. The number of rotatable bonds is 5. The van der Waals surface area contributed by atoms with Gasteiger partial charge in [0.2, 0.25) is 10.0 Å². The van der Waals surface area contributed by atoms with Crippen molar-refractivity contribution in [1.82, 2.24) is 4.31 Å². The third kappa shape index (κ3) is 3.66. The van der Waals surface area contributed by atoms with Crippen molar-refractivity contribution in [3.63, 3.8) is 0 Å². The topological polar surface area (TPSA) is 73.6 Å². The first-order valence-electron chi connectivity index (χ1n) is 8.53. The molecule has 1 fully saturated rings. The second-order valence-electron chi connectivity index (χ2n) is 5.93. The summed E-state index contributed by atoms with van der Waals surface area (Å²) in [5, 5.41) is 8.99. The molecule has 1 aliphatic rings. The van der Waals surface area contributed by atoms with E-state index in [9.17, 15) is 8.42 Å². The van der Waals surface area contributed by atoms with Gasteiger partial charge in [-0.25, -0.2) is 8.42 Å². The predicted octanol–water partition coefficient (Wildman–Crippen LogP) is 2.47. The van der Waals surface area contributed by atoms with Gasteiger partial charge in [0.05, 0.1) is 28.8 Å². The Bertz CT molecular complexity index is 914. The van der Waals surface area contributed by atoms with Gasteiger partial charge in [-0.3, -0.25) is 0 Å². The number of nitrogens with zero attached hydrogens (tertiary/aromatic N) is 3. The summed E-state index contributed by atoms with van der Waals surface area (Å²) in [7, 11) is -3.60. The zero-order chi connectivity index (χ0) is 18.6. The molecule has 7 heteroatoms. The van der Waals surface area contributed by atoms with Crippen LogP contribution < -0.4 is 9.64 Å². The number of sulfonamides is 1. The van der Waals surface area contributed by atoms with Crippen LogP contribution in [0, 0.1) is 11.3 Å².